The Morgan fingerprint density at radius 1 is 0.769 bits per heavy atom. The van der Waals surface area contributed by atoms with Crippen LogP contribution in [0.3, 0.4) is 0 Å². The molecule has 0 spiro atoms. The summed E-state index contributed by atoms with van der Waals surface area (Å²) in [6.07, 6.45) is 6.34. The first-order valence-corrected chi connectivity index (χ1v) is 9.91. The van der Waals surface area contributed by atoms with Gasteiger partial charge in [0.1, 0.15) is 11.2 Å². The molecule has 1 aliphatic rings. The molecule has 1 saturated carbocycles. The van der Waals surface area contributed by atoms with Crippen LogP contribution in [0.25, 0.3) is 0 Å². The molecule has 0 saturated heterocycles. The summed E-state index contributed by atoms with van der Waals surface area (Å²) >= 11 is 0. The second kappa shape index (κ2) is 10.3. The highest BCUT2D eigenvalue weighted by atomic mass is 17.2. The third kappa shape index (κ3) is 7.62. The number of carbonyl (C=O) groups excluding carboxylic acids is 2. The highest BCUT2D eigenvalue weighted by Crippen LogP contribution is 2.33. The summed E-state index contributed by atoms with van der Waals surface area (Å²) < 4.78 is 0. The first-order valence-electron chi connectivity index (χ1n) is 9.91. The molecule has 0 aromatic carbocycles. The van der Waals surface area contributed by atoms with Gasteiger partial charge in [0, 0.05) is 0 Å². The zero-order chi connectivity index (χ0) is 19.8. The highest BCUT2D eigenvalue weighted by molar-refractivity contribution is 5.81. The summed E-state index contributed by atoms with van der Waals surface area (Å²) in [4.78, 5) is 45.7. The molecule has 6 nitrogen and oxygen atoms in total. The molecule has 0 aromatic heterocycles. The van der Waals surface area contributed by atoms with Crippen LogP contribution in [-0.2, 0) is 29.1 Å². The molecular formula is C20H36O6. The number of rotatable bonds is 10. The molecule has 1 rings (SSSR count). The molecule has 0 aromatic rings. The molecule has 0 amide bonds. The molecule has 6 heteroatoms. The molecule has 0 N–H and O–H groups in total. The molecule has 26 heavy (non-hydrogen) atoms. The minimum Gasteiger partial charge on any atom is -0.297 e. The molecule has 0 heterocycles. The molecule has 152 valence electrons. The van der Waals surface area contributed by atoms with Crippen molar-refractivity contribution in [3.8, 4) is 0 Å². The van der Waals surface area contributed by atoms with Crippen molar-refractivity contribution in [3.05, 3.63) is 0 Å². The number of hydrogen-bond donors (Lipinski definition) is 0. The Kier molecular flexibility index (Phi) is 9.04. The maximum atomic E-state index is 12.5. The van der Waals surface area contributed by atoms with Crippen molar-refractivity contribution >= 4 is 11.9 Å². The molecular weight excluding hydrogens is 336 g/mol. The van der Waals surface area contributed by atoms with Gasteiger partial charge in [0.2, 0.25) is 0 Å². The van der Waals surface area contributed by atoms with Crippen molar-refractivity contribution in [1.29, 1.82) is 0 Å². The quantitative estimate of drug-likeness (QED) is 0.401. The van der Waals surface area contributed by atoms with E-state index in [1.165, 1.54) is 0 Å². The van der Waals surface area contributed by atoms with Crippen LogP contribution in [0.2, 0.25) is 0 Å². The zero-order valence-corrected chi connectivity index (χ0v) is 17.3. The first-order chi connectivity index (χ1) is 12.1. The lowest BCUT2D eigenvalue weighted by Crippen LogP contribution is -2.38. The summed E-state index contributed by atoms with van der Waals surface area (Å²) in [5, 5.41) is 0. The fourth-order valence-electron chi connectivity index (χ4n) is 3.41. The Labute approximate surface area is 157 Å². The van der Waals surface area contributed by atoms with Gasteiger partial charge in [-0.3, -0.25) is 9.78 Å². The maximum Gasteiger partial charge on any atom is 0.346 e. The van der Waals surface area contributed by atoms with E-state index < -0.39 is 35.0 Å². The Morgan fingerprint density at radius 2 is 1.12 bits per heavy atom. The van der Waals surface area contributed by atoms with Crippen LogP contribution in [0.15, 0.2) is 0 Å². The standard InChI is InChI=1S/C20H36O6/c1-7-13-19(3,4)25-23-17(21)15-11-9-10-12-16(15)18(22)24-26-20(5,6)14-8-2/h15-16H,7-14H2,1-6H3. The second-order valence-corrected chi connectivity index (χ2v) is 8.49. The van der Waals surface area contributed by atoms with Crippen LogP contribution in [0.4, 0.5) is 0 Å². The minimum atomic E-state index is -0.549. The molecule has 2 atom stereocenters. The van der Waals surface area contributed by atoms with Gasteiger partial charge in [0.15, 0.2) is 0 Å². The minimum absolute atomic E-state index is 0.497. The van der Waals surface area contributed by atoms with E-state index in [0.717, 1.165) is 38.5 Å². The van der Waals surface area contributed by atoms with Crippen LogP contribution in [0.5, 0.6) is 0 Å². The summed E-state index contributed by atoms with van der Waals surface area (Å²) in [5.74, 6) is -2.09. The van der Waals surface area contributed by atoms with Crippen LogP contribution < -0.4 is 0 Å². The average molecular weight is 373 g/mol. The van der Waals surface area contributed by atoms with Crippen LogP contribution in [0.1, 0.15) is 92.9 Å². The molecule has 2 unspecified atom stereocenters. The van der Waals surface area contributed by atoms with Crippen molar-refractivity contribution in [3.63, 3.8) is 0 Å². The smallest absolute Gasteiger partial charge is 0.297 e. The predicted octanol–water partition coefficient (Wildman–Crippen LogP) is 4.90. The fraction of sp³-hybridized carbons (Fsp3) is 0.900. The lowest BCUT2D eigenvalue weighted by molar-refractivity contribution is -0.336. The van der Waals surface area contributed by atoms with Crippen LogP contribution >= 0.6 is 0 Å². The monoisotopic (exact) mass is 372 g/mol. The summed E-state index contributed by atoms with van der Waals surface area (Å²) in [6, 6.07) is 0. The zero-order valence-electron chi connectivity index (χ0n) is 17.3. The SMILES string of the molecule is CCCC(C)(C)OOC(=O)C1CCCCC1C(=O)OOC(C)(C)CCC. The van der Waals surface area contributed by atoms with E-state index in [0.29, 0.717) is 12.8 Å². The summed E-state index contributed by atoms with van der Waals surface area (Å²) in [5.41, 5.74) is -1.08. The van der Waals surface area contributed by atoms with E-state index in [4.69, 9.17) is 19.6 Å². The first kappa shape index (κ1) is 22.9. The normalized spacial score (nSPS) is 21.3. The molecule has 0 bridgehead atoms. The number of carbonyl (C=O) groups is 2. The van der Waals surface area contributed by atoms with Crippen molar-refractivity contribution < 1.29 is 29.1 Å². The van der Waals surface area contributed by atoms with Crippen molar-refractivity contribution in [1.82, 2.24) is 0 Å². The maximum absolute atomic E-state index is 12.5. The highest BCUT2D eigenvalue weighted by Gasteiger charge is 2.40. The van der Waals surface area contributed by atoms with E-state index >= 15 is 0 Å². The molecule has 0 radical (unpaired) electrons. The lowest BCUT2D eigenvalue weighted by atomic mass is 9.79. The Hall–Kier alpha value is -1.14. The Balaban J connectivity index is 2.62. The van der Waals surface area contributed by atoms with Crippen molar-refractivity contribution in [2.45, 2.75) is 104 Å². The predicted molar refractivity (Wildman–Crippen MR) is 97.8 cm³/mol. The molecule has 1 fully saturated rings. The number of hydrogen-bond acceptors (Lipinski definition) is 6. The Morgan fingerprint density at radius 3 is 1.42 bits per heavy atom. The van der Waals surface area contributed by atoms with E-state index in [9.17, 15) is 9.59 Å². The van der Waals surface area contributed by atoms with Gasteiger partial charge < -0.3 is 0 Å². The summed E-state index contributed by atoms with van der Waals surface area (Å²) in [6.45, 7) is 11.6. The Bertz CT molecular complexity index is 415. The summed E-state index contributed by atoms with van der Waals surface area (Å²) in [7, 11) is 0. The van der Waals surface area contributed by atoms with Gasteiger partial charge in [0.25, 0.3) is 0 Å². The molecule has 0 aliphatic heterocycles. The van der Waals surface area contributed by atoms with Gasteiger partial charge in [-0.15, -0.1) is 0 Å². The largest absolute Gasteiger partial charge is 0.346 e. The fourth-order valence-corrected chi connectivity index (χ4v) is 3.41. The van der Waals surface area contributed by atoms with Crippen LogP contribution in [0, 0.1) is 11.8 Å². The third-order valence-corrected chi connectivity index (χ3v) is 4.77. The molecule has 1 aliphatic carbocycles. The van der Waals surface area contributed by atoms with Gasteiger partial charge in [-0.25, -0.2) is 9.59 Å². The van der Waals surface area contributed by atoms with Gasteiger partial charge in [-0.2, -0.15) is 9.78 Å². The van der Waals surface area contributed by atoms with Gasteiger partial charge in [-0.05, 0) is 53.4 Å². The van der Waals surface area contributed by atoms with Gasteiger partial charge in [-0.1, -0.05) is 39.5 Å². The van der Waals surface area contributed by atoms with Gasteiger partial charge >= 0.3 is 11.9 Å². The average Bonchev–Trinajstić information content (AvgIpc) is 2.57. The third-order valence-electron chi connectivity index (χ3n) is 4.77. The van der Waals surface area contributed by atoms with Crippen molar-refractivity contribution in [2.24, 2.45) is 11.8 Å². The van der Waals surface area contributed by atoms with E-state index in [-0.39, 0.29) is 0 Å². The topological polar surface area (TPSA) is 71.1 Å². The van der Waals surface area contributed by atoms with Crippen LogP contribution in [-0.4, -0.2) is 23.1 Å². The van der Waals surface area contributed by atoms with E-state index in [1.807, 2.05) is 41.5 Å². The lowest BCUT2D eigenvalue weighted by Gasteiger charge is -2.30. The van der Waals surface area contributed by atoms with E-state index in [1.54, 1.807) is 0 Å². The van der Waals surface area contributed by atoms with Gasteiger partial charge in [0.05, 0.1) is 11.8 Å². The van der Waals surface area contributed by atoms with Crippen molar-refractivity contribution in [2.75, 3.05) is 0 Å². The second-order valence-electron chi connectivity index (χ2n) is 8.49. The van der Waals surface area contributed by atoms with E-state index in [2.05, 4.69) is 0 Å².